The second kappa shape index (κ2) is 13.3. The van der Waals surface area contributed by atoms with Crippen LogP contribution in [0.2, 0.25) is 38.3 Å². The minimum absolute atomic E-state index is 0.396. The van der Waals surface area contributed by atoms with Gasteiger partial charge in [0.25, 0.3) is 0 Å². The number of rotatable bonds is 14. The quantitative estimate of drug-likeness (QED) is 0.145. The lowest BCUT2D eigenvalue weighted by atomic mass is 10.1. The second-order valence-corrected chi connectivity index (χ2v) is 19.8. The number of carbonyl (C=O) groups excluding carboxylic acids is 1. The summed E-state index contributed by atoms with van der Waals surface area (Å²) in [6.07, 6.45) is 3.15. The van der Waals surface area contributed by atoms with Gasteiger partial charge in [-0.3, -0.25) is 0 Å². The van der Waals surface area contributed by atoms with Crippen molar-refractivity contribution in [3.63, 3.8) is 0 Å². The first-order valence-corrected chi connectivity index (χ1v) is 19.2. The Morgan fingerprint density at radius 2 is 1.34 bits per heavy atom. The van der Waals surface area contributed by atoms with E-state index in [9.17, 15) is 4.79 Å². The van der Waals surface area contributed by atoms with Crippen molar-refractivity contribution in [1.29, 1.82) is 0 Å². The van der Waals surface area contributed by atoms with Crippen LogP contribution >= 0.6 is 0 Å². The number of hydrogen-bond donors (Lipinski definition) is 0. The first-order chi connectivity index (χ1) is 16.4. The first-order valence-electron chi connectivity index (χ1n) is 12.8. The van der Waals surface area contributed by atoms with E-state index < -0.39 is 22.6 Å². The van der Waals surface area contributed by atoms with Crippen LogP contribution in [0.1, 0.15) is 50.4 Å². The average molecular weight is 517 g/mol. The van der Waals surface area contributed by atoms with Gasteiger partial charge in [-0.05, 0) is 99.1 Å². The zero-order chi connectivity index (χ0) is 26.1. The summed E-state index contributed by atoms with van der Waals surface area (Å²) in [5.74, 6) is 2.13. The lowest BCUT2D eigenvalue weighted by Gasteiger charge is -2.37. The maximum atomic E-state index is 12.5. The van der Waals surface area contributed by atoms with E-state index in [2.05, 4.69) is 53.5 Å². The molecule has 0 aliphatic heterocycles. The SMILES string of the molecule is CCC(CCOc1ccc(C(=O)Oc2ccc(OC[C@@H](C)CC)cc2)cc1)[Si](C)(C)O[Si](C)(C)C. The summed E-state index contributed by atoms with van der Waals surface area (Å²) in [7, 11) is -3.33. The molecule has 1 unspecified atom stereocenters. The van der Waals surface area contributed by atoms with Gasteiger partial charge in [-0.1, -0.05) is 33.6 Å². The molecule has 0 spiro atoms. The maximum Gasteiger partial charge on any atom is 0.343 e. The van der Waals surface area contributed by atoms with Crippen LogP contribution in [0.25, 0.3) is 0 Å². The van der Waals surface area contributed by atoms with Gasteiger partial charge in [0.15, 0.2) is 16.6 Å². The zero-order valence-electron chi connectivity index (χ0n) is 22.9. The molecule has 0 N–H and O–H groups in total. The second-order valence-electron chi connectivity index (χ2n) is 10.8. The third-order valence-corrected chi connectivity index (χ3v) is 13.4. The monoisotopic (exact) mass is 516 g/mol. The van der Waals surface area contributed by atoms with Crippen molar-refractivity contribution in [3.8, 4) is 17.2 Å². The minimum atomic E-state index is -1.77. The molecule has 0 radical (unpaired) electrons. The highest BCUT2D eigenvalue weighted by atomic mass is 28.4. The van der Waals surface area contributed by atoms with Crippen molar-refractivity contribution < 1.29 is 23.1 Å². The molecule has 0 fully saturated rings. The predicted octanol–water partition coefficient (Wildman–Crippen LogP) is 7.94. The zero-order valence-corrected chi connectivity index (χ0v) is 24.9. The van der Waals surface area contributed by atoms with Gasteiger partial charge in [-0.15, -0.1) is 0 Å². The first kappa shape index (κ1) is 29.1. The van der Waals surface area contributed by atoms with E-state index in [1.54, 1.807) is 24.3 Å². The molecule has 0 heterocycles. The predicted molar refractivity (Wildman–Crippen MR) is 149 cm³/mol. The van der Waals surface area contributed by atoms with Gasteiger partial charge in [0.2, 0.25) is 0 Å². The molecule has 0 saturated carbocycles. The van der Waals surface area contributed by atoms with Crippen LogP contribution in [0.15, 0.2) is 48.5 Å². The van der Waals surface area contributed by atoms with Gasteiger partial charge >= 0.3 is 5.97 Å². The van der Waals surface area contributed by atoms with Gasteiger partial charge in [0.05, 0.1) is 18.8 Å². The topological polar surface area (TPSA) is 54.0 Å². The molecular weight excluding hydrogens is 472 g/mol. The molecule has 0 aromatic heterocycles. The van der Waals surface area contributed by atoms with Crippen LogP contribution in [0.3, 0.4) is 0 Å². The highest BCUT2D eigenvalue weighted by molar-refractivity contribution is 6.85. The molecular formula is C28H44O5Si2. The molecule has 5 nitrogen and oxygen atoms in total. The fourth-order valence-electron chi connectivity index (χ4n) is 4.05. The van der Waals surface area contributed by atoms with E-state index in [1.807, 2.05) is 24.3 Å². The van der Waals surface area contributed by atoms with E-state index in [0.717, 1.165) is 30.8 Å². The number of ether oxygens (including phenoxy) is 3. The van der Waals surface area contributed by atoms with Crippen LogP contribution in [-0.4, -0.2) is 35.8 Å². The molecule has 0 aliphatic rings. The lowest BCUT2D eigenvalue weighted by Crippen LogP contribution is -2.46. The Morgan fingerprint density at radius 1 is 0.800 bits per heavy atom. The molecule has 7 heteroatoms. The lowest BCUT2D eigenvalue weighted by molar-refractivity contribution is 0.0734. The summed E-state index contributed by atoms with van der Waals surface area (Å²) in [5.41, 5.74) is 1.04. The fourth-order valence-corrected chi connectivity index (χ4v) is 12.8. The highest BCUT2D eigenvalue weighted by Crippen LogP contribution is 2.32. The number of carbonyl (C=O) groups is 1. The van der Waals surface area contributed by atoms with Crippen LogP contribution < -0.4 is 14.2 Å². The minimum Gasteiger partial charge on any atom is -0.494 e. The molecule has 2 rings (SSSR count). The Bertz CT molecular complexity index is 904. The molecule has 0 saturated heterocycles. The fraction of sp³-hybridized carbons (Fsp3) is 0.536. The summed E-state index contributed by atoms with van der Waals surface area (Å²) >= 11 is 0. The number of benzene rings is 2. The molecule has 35 heavy (non-hydrogen) atoms. The van der Waals surface area contributed by atoms with Crippen LogP contribution in [0.4, 0.5) is 0 Å². The summed E-state index contributed by atoms with van der Waals surface area (Å²) in [4.78, 5) is 12.5. The van der Waals surface area contributed by atoms with Crippen LogP contribution in [-0.2, 0) is 4.12 Å². The Balaban J connectivity index is 1.85. The largest absolute Gasteiger partial charge is 0.494 e. The van der Waals surface area contributed by atoms with Crippen molar-refractivity contribution in [3.05, 3.63) is 54.1 Å². The smallest absolute Gasteiger partial charge is 0.343 e. The van der Waals surface area contributed by atoms with Crippen molar-refractivity contribution in [2.75, 3.05) is 13.2 Å². The standard InChI is InChI=1S/C28H44O5Si2/c1-9-22(3)21-31-25-15-17-26(18-16-25)32-28(29)23-11-13-24(14-12-23)30-20-19-27(10-2)35(7,8)33-34(4,5)6/h11-18,22,27H,9-10,19-21H2,1-8H3/t22-,27?/m0/s1. The third kappa shape index (κ3) is 10.2. The van der Waals surface area contributed by atoms with Gasteiger partial charge in [-0.2, -0.15) is 0 Å². The van der Waals surface area contributed by atoms with Crippen molar-refractivity contribution in [2.45, 2.75) is 78.3 Å². The third-order valence-electron chi connectivity index (χ3n) is 6.14. The Kier molecular flexibility index (Phi) is 11.1. The average Bonchev–Trinajstić information content (AvgIpc) is 2.79. The van der Waals surface area contributed by atoms with E-state index in [1.165, 1.54) is 0 Å². The van der Waals surface area contributed by atoms with Gasteiger partial charge in [-0.25, -0.2) is 4.79 Å². The summed E-state index contributed by atoms with van der Waals surface area (Å²) in [6.45, 7) is 19.3. The van der Waals surface area contributed by atoms with Crippen LogP contribution in [0, 0.1) is 5.92 Å². The molecule has 194 valence electrons. The highest BCUT2D eigenvalue weighted by Gasteiger charge is 2.36. The Hall–Kier alpha value is -2.10. The van der Waals surface area contributed by atoms with E-state index in [-0.39, 0.29) is 0 Å². The van der Waals surface area contributed by atoms with Crippen molar-refractivity contribution in [2.24, 2.45) is 5.92 Å². The van der Waals surface area contributed by atoms with Crippen molar-refractivity contribution in [1.82, 2.24) is 0 Å². The van der Waals surface area contributed by atoms with Gasteiger partial charge in [0, 0.05) is 0 Å². The molecule has 2 aromatic carbocycles. The van der Waals surface area contributed by atoms with Crippen LogP contribution in [0.5, 0.6) is 17.2 Å². The Labute approximate surface area is 214 Å². The van der Waals surface area contributed by atoms with Gasteiger partial charge < -0.3 is 18.3 Å². The molecule has 2 aromatic rings. The van der Waals surface area contributed by atoms with E-state index in [4.69, 9.17) is 18.3 Å². The molecule has 0 amide bonds. The van der Waals surface area contributed by atoms with E-state index in [0.29, 0.717) is 36.0 Å². The Morgan fingerprint density at radius 3 is 1.89 bits per heavy atom. The molecule has 0 aliphatic carbocycles. The van der Waals surface area contributed by atoms with E-state index >= 15 is 0 Å². The summed E-state index contributed by atoms with van der Waals surface area (Å²) < 4.78 is 23.8. The number of esters is 1. The summed E-state index contributed by atoms with van der Waals surface area (Å²) in [6, 6.07) is 14.3. The molecule has 2 atom stereocenters. The van der Waals surface area contributed by atoms with Crippen molar-refractivity contribution >= 4 is 22.6 Å². The normalized spacial score (nSPS) is 13.7. The number of hydrogen-bond acceptors (Lipinski definition) is 5. The maximum absolute atomic E-state index is 12.5. The summed E-state index contributed by atoms with van der Waals surface area (Å²) in [5, 5.41) is 0. The molecule has 0 bridgehead atoms. The van der Waals surface area contributed by atoms with Gasteiger partial charge in [0.1, 0.15) is 17.2 Å².